The summed E-state index contributed by atoms with van der Waals surface area (Å²) in [6.07, 6.45) is -6.00. The zero-order chi connectivity index (χ0) is 19.9. The number of ether oxygens (including phenoxy) is 3. The van der Waals surface area contributed by atoms with Crippen LogP contribution in [-0.4, -0.2) is 38.5 Å². The molecule has 1 aromatic heterocycles. The smallest absolute Gasteiger partial charge is 0.459 e. The van der Waals surface area contributed by atoms with Crippen molar-refractivity contribution in [2.45, 2.75) is 12.1 Å². The van der Waals surface area contributed by atoms with Crippen LogP contribution in [0.25, 0.3) is 10.9 Å². The standard InChI is InChI=1S/C15H13F5N2O4/c1-24-8-4-6-7(5-9(8)25-2)22-12(14(16,17)15(18,19)20)10(11(6)21)13(23)26-3/h4-5H,1-3H3,(H2,21,22). The van der Waals surface area contributed by atoms with Gasteiger partial charge in [0.2, 0.25) is 0 Å². The lowest BCUT2D eigenvalue weighted by Crippen LogP contribution is -2.36. The van der Waals surface area contributed by atoms with Gasteiger partial charge in [0.1, 0.15) is 11.3 Å². The summed E-state index contributed by atoms with van der Waals surface area (Å²) in [5.41, 5.74) is 1.70. The van der Waals surface area contributed by atoms with E-state index in [1.54, 1.807) is 0 Å². The van der Waals surface area contributed by atoms with Crippen LogP contribution in [0.3, 0.4) is 0 Å². The highest BCUT2D eigenvalue weighted by Crippen LogP contribution is 2.47. The second-order valence-electron chi connectivity index (χ2n) is 5.04. The Hall–Kier alpha value is -2.85. The summed E-state index contributed by atoms with van der Waals surface area (Å²) in [4.78, 5) is 15.2. The lowest BCUT2D eigenvalue weighted by Gasteiger charge is -2.22. The molecule has 0 spiro atoms. The van der Waals surface area contributed by atoms with Crippen molar-refractivity contribution in [1.29, 1.82) is 0 Å². The number of nitrogen functional groups attached to an aromatic ring is 1. The number of anilines is 1. The zero-order valence-electron chi connectivity index (χ0n) is 13.7. The molecular formula is C15H13F5N2O4. The molecule has 26 heavy (non-hydrogen) atoms. The van der Waals surface area contributed by atoms with Gasteiger partial charge in [-0.05, 0) is 6.07 Å². The summed E-state index contributed by atoms with van der Waals surface area (Å²) in [6.45, 7) is 0. The number of nitrogens with zero attached hydrogens (tertiary/aromatic N) is 1. The normalized spacial score (nSPS) is 12.2. The monoisotopic (exact) mass is 380 g/mol. The fraction of sp³-hybridized carbons (Fsp3) is 0.333. The number of pyridine rings is 1. The first-order valence-corrected chi connectivity index (χ1v) is 6.88. The van der Waals surface area contributed by atoms with Gasteiger partial charge in [-0.25, -0.2) is 9.78 Å². The number of nitrogens with two attached hydrogens (primary N) is 1. The van der Waals surface area contributed by atoms with Crippen LogP contribution in [0.5, 0.6) is 11.5 Å². The predicted octanol–water partition coefficient (Wildman–Crippen LogP) is 3.27. The molecule has 1 heterocycles. The fourth-order valence-corrected chi connectivity index (χ4v) is 2.29. The molecule has 2 aromatic rings. The quantitative estimate of drug-likeness (QED) is 0.648. The zero-order valence-corrected chi connectivity index (χ0v) is 13.7. The van der Waals surface area contributed by atoms with E-state index in [-0.39, 0.29) is 22.4 Å². The third-order valence-electron chi connectivity index (χ3n) is 3.57. The number of alkyl halides is 5. The van der Waals surface area contributed by atoms with E-state index in [9.17, 15) is 26.7 Å². The van der Waals surface area contributed by atoms with Gasteiger partial charge in [-0.3, -0.25) is 0 Å². The van der Waals surface area contributed by atoms with Crippen LogP contribution >= 0.6 is 0 Å². The van der Waals surface area contributed by atoms with E-state index in [0.29, 0.717) is 0 Å². The van der Waals surface area contributed by atoms with Crippen LogP contribution in [0, 0.1) is 0 Å². The van der Waals surface area contributed by atoms with Crippen LogP contribution in [0.15, 0.2) is 12.1 Å². The van der Waals surface area contributed by atoms with Gasteiger partial charge in [0.15, 0.2) is 11.5 Å². The molecule has 0 saturated heterocycles. The summed E-state index contributed by atoms with van der Waals surface area (Å²) in [6, 6.07) is 2.28. The lowest BCUT2D eigenvalue weighted by atomic mass is 10.0. The molecule has 0 aliphatic heterocycles. The van der Waals surface area contributed by atoms with E-state index in [4.69, 9.17) is 15.2 Å². The molecule has 0 aliphatic rings. The first-order chi connectivity index (χ1) is 12.0. The van der Waals surface area contributed by atoms with Crippen LogP contribution in [-0.2, 0) is 10.7 Å². The topological polar surface area (TPSA) is 83.7 Å². The van der Waals surface area contributed by atoms with Crippen LogP contribution in [0.2, 0.25) is 0 Å². The number of aromatic nitrogens is 1. The first kappa shape index (κ1) is 19.5. The molecule has 0 radical (unpaired) electrons. The van der Waals surface area contributed by atoms with E-state index in [0.717, 1.165) is 13.2 Å². The van der Waals surface area contributed by atoms with Gasteiger partial charge in [0.25, 0.3) is 0 Å². The number of fused-ring (bicyclic) bond motifs is 1. The molecule has 11 heteroatoms. The van der Waals surface area contributed by atoms with Crippen molar-refractivity contribution >= 4 is 22.6 Å². The van der Waals surface area contributed by atoms with Gasteiger partial charge in [-0.15, -0.1) is 0 Å². The Morgan fingerprint density at radius 2 is 1.58 bits per heavy atom. The van der Waals surface area contributed by atoms with E-state index in [2.05, 4.69) is 9.72 Å². The van der Waals surface area contributed by atoms with Gasteiger partial charge < -0.3 is 19.9 Å². The van der Waals surface area contributed by atoms with Gasteiger partial charge in [-0.2, -0.15) is 22.0 Å². The highest BCUT2D eigenvalue weighted by Gasteiger charge is 2.61. The van der Waals surface area contributed by atoms with E-state index in [1.165, 1.54) is 20.3 Å². The minimum Gasteiger partial charge on any atom is -0.493 e. The second kappa shape index (κ2) is 6.46. The summed E-state index contributed by atoms with van der Waals surface area (Å²) < 4.78 is 80.7. The van der Waals surface area contributed by atoms with E-state index >= 15 is 0 Å². The minimum atomic E-state index is -6.00. The molecule has 0 saturated carbocycles. The molecule has 142 valence electrons. The Balaban J connectivity index is 2.97. The summed E-state index contributed by atoms with van der Waals surface area (Å²) in [7, 11) is 3.33. The number of halogens is 5. The Morgan fingerprint density at radius 1 is 1.04 bits per heavy atom. The number of rotatable bonds is 4. The molecule has 0 aliphatic carbocycles. The van der Waals surface area contributed by atoms with E-state index < -0.39 is 35.0 Å². The number of methoxy groups -OCH3 is 3. The summed E-state index contributed by atoms with van der Waals surface area (Å²) in [5, 5.41) is -0.0789. The highest BCUT2D eigenvalue weighted by molar-refractivity contribution is 6.06. The third kappa shape index (κ3) is 2.93. The van der Waals surface area contributed by atoms with Crippen molar-refractivity contribution in [3.05, 3.63) is 23.4 Å². The van der Waals surface area contributed by atoms with Gasteiger partial charge in [-0.1, -0.05) is 0 Å². The lowest BCUT2D eigenvalue weighted by molar-refractivity contribution is -0.290. The van der Waals surface area contributed by atoms with Crippen molar-refractivity contribution in [2.75, 3.05) is 27.1 Å². The summed E-state index contributed by atoms with van der Waals surface area (Å²) >= 11 is 0. The molecule has 1 aromatic carbocycles. The highest BCUT2D eigenvalue weighted by atomic mass is 19.4. The Morgan fingerprint density at radius 3 is 2.04 bits per heavy atom. The maximum atomic E-state index is 13.9. The average Bonchev–Trinajstić information content (AvgIpc) is 2.58. The molecule has 6 nitrogen and oxygen atoms in total. The van der Waals surface area contributed by atoms with Gasteiger partial charge in [0, 0.05) is 11.5 Å². The van der Waals surface area contributed by atoms with Gasteiger partial charge >= 0.3 is 18.1 Å². The molecule has 2 rings (SSSR count). The molecule has 2 N–H and O–H groups in total. The molecule has 0 amide bonds. The fourth-order valence-electron chi connectivity index (χ4n) is 2.29. The number of esters is 1. The molecule has 0 fully saturated rings. The number of hydrogen-bond acceptors (Lipinski definition) is 6. The summed E-state index contributed by atoms with van der Waals surface area (Å²) in [5.74, 6) is -6.78. The minimum absolute atomic E-state index is 0.0268. The number of carbonyl (C=O) groups excluding carboxylic acids is 1. The maximum absolute atomic E-state index is 13.9. The Labute approximate surface area is 143 Å². The molecule has 0 unspecified atom stereocenters. The van der Waals surface area contributed by atoms with Crippen molar-refractivity contribution in [2.24, 2.45) is 0 Å². The van der Waals surface area contributed by atoms with Crippen molar-refractivity contribution in [3.8, 4) is 11.5 Å². The third-order valence-corrected chi connectivity index (χ3v) is 3.57. The van der Waals surface area contributed by atoms with Crippen LogP contribution in [0.1, 0.15) is 16.1 Å². The van der Waals surface area contributed by atoms with Crippen molar-refractivity contribution < 1.29 is 41.0 Å². The Bertz CT molecular complexity index is 867. The van der Waals surface area contributed by atoms with Crippen LogP contribution in [0.4, 0.5) is 27.6 Å². The van der Waals surface area contributed by atoms with E-state index in [1.807, 2.05) is 0 Å². The number of hydrogen-bond donors (Lipinski definition) is 1. The molecule has 0 atom stereocenters. The average molecular weight is 380 g/mol. The predicted molar refractivity (Wildman–Crippen MR) is 80.5 cm³/mol. The van der Waals surface area contributed by atoms with Crippen LogP contribution < -0.4 is 15.2 Å². The Kier molecular flexibility index (Phi) is 4.84. The first-order valence-electron chi connectivity index (χ1n) is 6.88. The second-order valence-corrected chi connectivity index (χ2v) is 5.04. The number of carbonyl (C=O) groups is 1. The molecular weight excluding hydrogens is 367 g/mol. The van der Waals surface area contributed by atoms with Gasteiger partial charge in [0.05, 0.1) is 32.5 Å². The van der Waals surface area contributed by atoms with Crippen molar-refractivity contribution in [3.63, 3.8) is 0 Å². The number of benzene rings is 1. The molecule has 0 bridgehead atoms. The SMILES string of the molecule is COC(=O)c1c(C(F)(F)C(F)(F)F)nc2cc(OC)c(OC)cc2c1N. The largest absolute Gasteiger partial charge is 0.493 e. The van der Waals surface area contributed by atoms with Crippen molar-refractivity contribution in [1.82, 2.24) is 4.98 Å². The maximum Gasteiger partial charge on any atom is 0.459 e.